The van der Waals surface area contributed by atoms with Crippen molar-refractivity contribution in [3.05, 3.63) is 0 Å². The molecule has 260 valence electrons. The van der Waals surface area contributed by atoms with Gasteiger partial charge < -0.3 is 33.9 Å². The summed E-state index contributed by atoms with van der Waals surface area (Å²) in [6, 6.07) is -0.251. The summed E-state index contributed by atoms with van der Waals surface area (Å²) in [6.45, 7) is 14.1. The molecule has 0 aromatic heterocycles. The first-order chi connectivity index (χ1) is 20.8. The second kappa shape index (κ2) is 14.6. The first-order valence-corrected chi connectivity index (χ1v) is 16.6. The predicted molar refractivity (Wildman–Crippen MR) is 171 cm³/mol. The Bertz CT molecular complexity index is 1050. The van der Waals surface area contributed by atoms with Gasteiger partial charge in [-0.15, -0.1) is 0 Å². The van der Waals surface area contributed by atoms with Crippen LogP contribution in [0.25, 0.3) is 0 Å². The van der Waals surface area contributed by atoms with Crippen LogP contribution in [-0.2, 0) is 33.3 Å². The Hall–Kier alpha value is -1.63. The number of ketones is 1. The Morgan fingerprint density at radius 3 is 2.27 bits per heavy atom. The van der Waals surface area contributed by atoms with Crippen molar-refractivity contribution in [2.24, 2.45) is 22.7 Å². The fraction of sp³-hybridized carbons (Fsp3) is 0.912. The van der Waals surface area contributed by atoms with Crippen LogP contribution < -0.4 is 0 Å². The van der Waals surface area contributed by atoms with Gasteiger partial charge in [0, 0.05) is 52.2 Å². The minimum Gasteiger partial charge on any atom is -0.463 e. The van der Waals surface area contributed by atoms with E-state index in [4.69, 9.17) is 18.9 Å². The molecule has 3 fully saturated rings. The molecule has 2 aliphatic heterocycles. The summed E-state index contributed by atoms with van der Waals surface area (Å²) < 4.78 is 25.0. The van der Waals surface area contributed by atoms with Crippen molar-refractivity contribution in [3.8, 4) is 0 Å². The maximum absolute atomic E-state index is 14.2. The molecule has 45 heavy (non-hydrogen) atoms. The summed E-state index contributed by atoms with van der Waals surface area (Å²) in [6.07, 6.45) is 1.08. The third-order valence-corrected chi connectivity index (χ3v) is 11.0. The summed E-state index contributed by atoms with van der Waals surface area (Å²) >= 11 is 0. The molecule has 11 heteroatoms. The van der Waals surface area contributed by atoms with E-state index < -0.39 is 41.4 Å². The van der Waals surface area contributed by atoms with Gasteiger partial charge in [-0.05, 0) is 92.3 Å². The van der Waals surface area contributed by atoms with Gasteiger partial charge in [0.05, 0.1) is 17.8 Å². The lowest BCUT2D eigenvalue weighted by molar-refractivity contribution is -0.295. The van der Waals surface area contributed by atoms with Crippen molar-refractivity contribution in [2.75, 3.05) is 55.0 Å². The standard InChI is InChI=1S/C34H61N3O8/c1-21-18-33(7,42-12)29(45-30-27(39)25(35(8)9)17-22(2)44-30)23(3)28(40)32(5,6)31(41)43-20-26(37(11)19-21)34(13-14-34)15-16-36(10)24(4)38/h21-23,25-27,29-30,39H,13-20H2,1-12H3/t21-,22-,23+,25+,26-,27-,29-,30+,33-/m1/s1. The Morgan fingerprint density at radius 1 is 1.11 bits per heavy atom. The zero-order valence-corrected chi connectivity index (χ0v) is 29.9. The number of hydrogen-bond acceptors (Lipinski definition) is 10. The number of carbonyl (C=O) groups is 3. The van der Waals surface area contributed by atoms with Crippen LogP contribution in [0.5, 0.6) is 0 Å². The van der Waals surface area contributed by atoms with Crippen molar-refractivity contribution in [1.82, 2.24) is 14.7 Å². The molecule has 2 saturated heterocycles. The lowest BCUT2D eigenvalue weighted by Gasteiger charge is -2.47. The maximum atomic E-state index is 14.2. The van der Waals surface area contributed by atoms with Gasteiger partial charge in [0.1, 0.15) is 18.1 Å². The minimum atomic E-state index is -1.45. The third-order valence-electron chi connectivity index (χ3n) is 11.0. The lowest BCUT2D eigenvalue weighted by Crippen LogP contribution is -2.59. The number of rotatable bonds is 8. The van der Waals surface area contributed by atoms with Crippen LogP contribution in [-0.4, -0.2) is 135 Å². The minimum absolute atomic E-state index is 0.0250. The fourth-order valence-electron chi connectivity index (χ4n) is 7.65. The molecule has 9 atom stereocenters. The number of carbonyl (C=O) groups excluding carboxylic acids is 3. The van der Waals surface area contributed by atoms with E-state index in [2.05, 4.69) is 18.9 Å². The van der Waals surface area contributed by atoms with E-state index in [9.17, 15) is 19.5 Å². The van der Waals surface area contributed by atoms with Gasteiger partial charge in [-0.2, -0.15) is 0 Å². The highest BCUT2D eigenvalue weighted by Crippen LogP contribution is 2.54. The number of ether oxygens (including phenoxy) is 4. The second-order valence-corrected chi connectivity index (χ2v) is 15.3. The average Bonchev–Trinajstić information content (AvgIpc) is 3.74. The highest BCUT2D eigenvalue weighted by molar-refractivity contribution is 6.04. The molecule has 3 aliphatic rings. The van der Waals surface area contributed by atoms with Gasteiger partial charge in [0.25, 0.3) is 0 Å². The largest absolute Gasteiger partial charge is 0.463 e. The Labute approximate surface area is 271 Å². The lowest BCUT2D eigenvalue weighted by atomic mass is 9.74. The molecule has 0 aromatic carbocycles. The molecule has 2 heterocycles. The van der Waals surface area contributed by atoms with Crippen LogP contribution in [0.3, 0.4) is 0 Å². The number of likely N-dealkylation sites (N-methyl/N-ethyl adjacent to an activating group) is 2. The van der Waals surface area contributed by atoms with Crippen LogP contribution in [0.2, 0.25) is 0 Å². The average molecular weight is 640 g/mol. The molecule has 3 rings (SSSR count). The van der Waals surface area contributed by atoms with Gasteiger partial charge in [-0.3, -0.25) is 19.3 Å². The van der Waals surface area contributed by atoms with Crippen LogP contribution in [0, 0.1) is 22.7 Å². The zero-order valence-electron chi connectivity index (χ0n) is 29.9. The van der Waals surface area contributed by atoms with Crippen LogP contribution >= 0.6 is 0 Å². The van der Waals surface area contributed by atoms with Crippen LogP contribution in [0.15, 0.2) is 0 Å². The topological polar surface area (TPSA) is 118 Å². The first-order valence-electron chi connectivity index (χ1n) is 16.6. The van der Waals surface area contributed by atoms with Gasteiger partial charge in [0.2, 0.25) is 5.91 Å². The number of aliphatic hydroxyl groups is 1. The Balaban J connectivity index is 1.98. The number of amides is 1. The molecular formula is C34H61N3O8. The summed E-state index contributed by atoms with van der Waals surface area (Å²) in [5.74, 6) is -1.53. The van der Waals surface area contributed by atoms with Crippen molar-refractivity contribution < 1.29 is 38.4 Å². The first kappa shape index (κ1) is 37.8. The quantitative estimate of drug-likeness (QED) is 0.314. The third kappa shape index (κ3) is 8.46. The highest BCUT2D eigenvalue weighted by Gasteiger charge is 2.54. The van der Waals surface area contributed by atoms with Gasteiger partial charge in [-0.25, -0.2) is 0 Å². The molecule has 0 unspecified atom stereocenters. The van der Waals surface area contributed by atoms with E-state index in [0.29, 0.717) is 25.9 Å². The molecule has 0 aromatic rings. The molecule has 1 aliphatic carbocycles. The van der Waals surface area contributed by atoms with Crippen LogP contribution in [0.1, 0.15) is 80.6 Å². The molecule has 0 spiro atoms. The Morgan fingerprint density at radius 2 is 1.73 bits per heavy atom. The monoisotopic (exact) mass is 639 g/mol. The maximum Gasteiger partial charge on any atom is 0.319 e. The number of methoxy groups -OCH3 is 1. The van der Waals surface area contributed by atoms with E-state index in [1.807, 2.05) is 39.9 Å². The smallest absolute Gasteiger partial charge is 0.319 e. The number of esters is 1. The number of aliphatic hydroxyl groups excluding tert-OH is 1. The van der Waals surface area contributed by atoms with Gasteiger partial charge in [0.15, 0.2) is 12.1 Å². The molecule has 11 nitrogen and oxygen atoms in total. The van der Waals surface area contributed by atoms with E-state index >= 15 is 0 Å². The number of hydrogen-bond donors (Lipinski definition) is 1. The van der Waals surface area contributed by atoms with Gasteiger partial charge >= 0.3 is 5.97 Å². The fourth-order valence-corrected chi connectivity index (χ4v) is 7.65. The van der Waals surface area contributed by atoms with E-state index in [-0.39, 0.29) is 47.8 Å². The predicted octanol–water partition coefficient (Wildman–Crippen LogP) is 2.97. The van der Waals surface area contributed by atoms with Crippen LogP contribution in [0.4, 0.5) is 0 Å². The molecule has 1 amide bonds. The summed E-state index contributed by atoms with van der Waals surface area (Å²) in [5, 5.41) is 11.3. The summed E-state index contributed by atoms with van der Waals surface area (Å²) in [5.41, 5.74) is -2.47. The van der Waals surface area contributed by atoms with Gasteiger partial charge in [-0.1, -0.05) is 13.8 Å². The second-order valence-electron chi connectivity index (χ2n) is 15.3. The van der Waals surface area contributed by atoms with Crippen molar-refractivity contribution in [3.63, 3.8) is 0 Å². The number of Topliss-reactive ketones (excluding diaryl/α,β-unsaturated/α-hetero) is 1. The van der Waals surface area contributed by atoms with E-state index in [1.54, 1.807) is 39.7 Å². The zero-order chi connectivity index (χ0) is 34.1. The molecular weight excluding hydrogens is 578 g/mol. The van der Waals surface area contributed by atoms with Crippen molar-refractivity contribution in [1.29, 1.82) is 0 Å². The number of cyclic esters (lactones) is 1. The highest BCUT2D eigenvalue weighted by atomic mass is 16.7. The molecule has 1 saturated carbocycles. The van der Waals surface area contributed by atoms with E-state index in [0.717, 1.165) is 19.3 Å². The summed E-state index contributed by atoms with van der Waals surface area (Å²) in [7, 11) is 9.33. The Kier molecular flexibility index (Phi) is 12.3. The van der Waals surface area contributed by atoms with Crippen molar-refractivity contribution in [2.45, 2.75) is 123 Å². The molecule has 0 radical (unpaired) electrons. The summed E-state index contributed by atoms with van der Waals surface area (Å²) in [4.78, 5) is 45.8. The molecule has 1 N–H and O–H groups in total. The van der Waals surface area contributed by atoms with Crippen molar-refractivity contribution >= 4 is 17.7 Å². The van der Waals surface area contributed by atoms with E-state index in [1.165, 1.54) is 0 Å². The number of nitrogens with zero attached hydrogens (tertiary/aromatic N) is 3. The SMILES string of the molecule is CO[C@]1(C)C[C@@H](C)CN(C)[C@@H](C2(CCN(C)C(C)=O)CC2)COC(=O)C(C)(C)C(=O)[C@H](C)[C@H]1O[C@@H]1O[C@H](C)C[C@H](N(C)C)[C@H]1O. The molecule has 0 bridgehead atoms. The normalized spacial score (nSPS) is 38.1.